The summed E-state index contributed by atoms with van der Waals surface area (Å²) in [5.41, 5.74) is 3.38. The van der Waals surface area contributed by atoms with Crippen molar-refractivity contribution in [1.29, 1.82) is 0 Å². The molecule has 1 N–H and O–H groups in total. The molecule has 0 unspecified atom stereocenters. The number of carboxylic acids is 1. The van der Waals surface area contributed by atoms with Crippen molar-refractivity contribution in [3.63, 3.8) is 0 Å². The number of amides is 1. The van der Waals surface area contributed by atoms with Crippen LogP contribution in [0.4, 0.5) is 0 Å². The second kappa shape index (κ2) is 14.5. The standard InChI is InChI=1S/C33H34N2O4/c36-32(37)16-5-2-10-24-39-31-15-7-6-13-29(31)25-35(23-21-30-14-8-9-22-34-30)33(38)28-19-17-27(18-20-28)26-11-3-1-4-12-26/h1,3-4,6-9,11-15,17-20,22H,2,5,10,16,21,23-25H2,(H,36,37)/i25D2. The highest BCUT2D eigenvalue weighted by Gasteiger charge is 2.18. The topological polar surface area (TPSA) is 79.7 Å². The maximum absolute atomic E-state index is 13.9. The lowest BCUT2D eigenvalue weighted by molar-refractivity contribution is -0.137. The van der Waals surface area contributed by atoms with E-state index >= 15 is 0 Å². The molecule has 0 spiro atoms. The highest BCUT2D eigenvalue weighted by Crippen LogP contribution is 2.23. The maximum Gasteiger partial charge on any atom is 0.303 e. The van der Waals surface area contributed by atoms with Crippen molar-refractivity contribution in [2.45, 2.75) is 38.6 Å². The minimum Gasteiger partial charge on any atom is -0.493 e. The summed E-state index contributed by atoms with van der Waals surface area (Å²) in [7, 11) is 0. The van der Waals surface area contributed by atoms with Crippen molar-refractivity contribution in [3.8, 4) is 16.9 Å². The number of para-hydroxylation sites is 1. The van der Waals surface area contributed by atoms with Crippen molar-refractivity contribution in [2.24, 2.45) is 0 Å². The summed E-state index contributed by atoms with van der Waals surface area (Å²) in [6.07, 6.45) is 4.05. The van der Waals surface area contributed by atoms with Crippen LogP contribution >= 0.6 is 0 Å². The lowest BCUT2D eigenvalue weighted by Crippen LogP contribution is -2.32. The Hall–Kier alpha value is -4.45. The van der Waals surface area contributed by atoms with Gasteiger partial charge in [-0.1, -0.05) is 66.7 Å². The van der Waals surface area contributed by atoms with Gasteiger partial charge in [0.2, 0.25) is 0 Å². The molecule has 39 heavy (non-hydrogen) atoms. The van der Waals surface area contributed by atoms with E-state index in [2.05, 4.69) is 4.98 Å². The smallest absolute Gasteiger partial charge is 0.303 e. The number of aromatic nitrogens is 1. The number of hydrogen-bond donors (Lipinski definition) is 1. The van der Waals surface area contributed by atoms with Crippen LogP contribution in [0.5, 0.6) is 5.75 Å². The second-order valence-electron chi connectivity index (χ2n) is 9.13. The first-order valence-corrected chi connectivity index (χ1v) is 13.2. The van der Waals surface area contributed by atoms with Gasteiger partial charge in [0.05, 0.1) is 9.35 Å². The van der Waals surface area contributed by atoms with Gasteiger partial charge in [-0.25, -0.2) is 0 Å². The first kappa shape index (κ1) is 24.9. The zero-order valence-corrected chi connectivity index (χ0v) is 21.8. The van der Waals surface area contributed by atoms with E-state index in [-0.39, 0.29) is 18.5 Å². The van der Waals surface area contributed by atoms with E-state index in [1.807, 2.05) is 60.7 Å². The van der Waals surface area contributed by atoms with Crippen LogP contribution in [-0.2, 0) is 17.7 Å². The number of carbonyl (C=O) groups excluding carboxylic acids is 1. The number of unbranched alkanes of at least 4 members (excludes halogenated alkanes) is 2. The molecule has 0 bridgehead atoms. The number of nitrogens with zero attached hydrogens (tertiary/aromatic N) is 2. The van der Waals surface area contributed by atoms with Crippen molar-refractivity contribution in [3.05, 3.63) is 120 Å². The summed E-state index contributed by atoms with van der Waals surface area (Å²) in [5, 5.41) is 8.83. The predicted octanol–water partition coefficient (Wildman–Crippen LogP) is 6.66. The highest BCUT2D eigenvalue weighted by molar-refractivity contribution is 5.94. The molecule has 3 aromatic carbocycles. The number of pyridine rings is 1. The van der Waals surface area contributed by atoms with Crippen LogP contribution in [0.15, 0.2) is 103 Å². The van der Waals surface area contributed by atoms with Crippen molar-refractivity contribution < 1.29 is 22.2 Å². The van der Waals surface area contributed by atoms with Gasteiger partial charge in [-0.3, -0.25) is 14.6 Å². The Labute approximate surface area is 232 Å². The Bertz CT molecular complexity index is 1410. The van der Waals surface area contributed by atoms with E-state index in [0.29, 0.717) is 43.6 Å². The van der Waals surface area contributed by atoms with Gasteiger partial charge in [0, 0.05) is 48.9 Å². The normalized spacial score (nSPS) is 11.8. The fraction of sp³-hybridized carbons (Fsp3) is 0.242. The number of carbonyl (C=O) groups is 2. The Balaban J connectivity index is 1.57. The van der Waals surface area contributed by atoms with E-state index in [4.69, 9.17) is 9.84 Å². The average molecular weight is 525 g/mol. The Morgan fingerprint density at radius 3 is 2.28 bits per heavy atom. The zero-order chi connectivity index (χ0) is 29.1. The molecule has 6 nitrogen and oxygen atoms in total. The average Bonchev–Trinajstić information content (AvgIpc) is 3.00. The molecule has 1 aromatic heterocycles. The number of carboxylic acid groups (broad SMARTS) is 1. The molecule has 200 valence electrons. The first-order valence-electron chi connectivity index (χ1n) is 14.2. The van der Waals surface area contributed by atoms with Gasteiger partial charge in [0.25, 0.3) is 5.91 Å². The van der Waals surface area contributed by atoms with Crippen LogP contribution in [0.25, 0.3) is 11.1 Å². The Kier molecular flexibility index (Phi) is 9.23. The summed E-state index contributed by atoms with van der Waals surface area (Å²) >= 11 is 0. The molecule has 4 aromatic rings. The van der Waals surface area contributed by atoms with Crippen LogP contribution in [0.1, 0.15) is 50.0 Å². The van der Waals surface area contributed by atoms with Crippen LogP contribution in [-0.4, -0.2) is 40.0 Å². The molecule has 4 rings (SSSR count). The lowest BCUT2D eigenvalue weighted by Gasteiger charge is -2.24. The third-order valence-corrected chi connectivity index (χ3v) is 6.24. The van der Waals surface area contributed by atoms with Crippen molar-refractivity contribution in [1.82, 2.24) is 9.88 Å². The van der Waals surface area contributed by atoms with Crippen LogP contribution in [0.2, 0.25) is 0 Å². The van der Waals surface area contributed by atoms with Gasteiger partial charge in [-0.15, -0.1) is 0 Å². The summed E-state index contributed by atoms with van der Waals surface area (Å²) in [4.78, 5) is 30.3. The largest absolute Gasteiger partial charge is 0.493 e. The van der Waals surface area contributed by atoms with E-state index < -0.39 is 18.4 Å². The SMILES string of the molecule is [2H]C([2H])(c1ccccc1OCCCCCC(=O)O)N(CCc1ccccn1)C(=O)c1ccc(-c2ccccc2)cc1. The monoisotopic (exact) mass is 524 g/mol. The molecule has 1 heterocycles. The summed E-state index contributed by atoms with van der Waals surface area (Å²) in [6.45, 7) is -1.77. The van der Waals surface area contributed by atoms with Gasteiger partial charge < -0.3 is 14.7 Å². The minimum absolute atomic E-state index is 0.104. The molecule has 1 amide bonds. The summed E-state index contributed by atoms with van der Waals surface area (Å²) in [6, 6.07) is 29.4. The fourth-order valence-electron chi connectivity index (χ4n) is 4.14. The molecule has 0 aliphatic carbocycles. The van der Waals surface area contributed by atoms with Gasteiger partial charge in [-0.05, 0) is 60.7 Å². The first-order chi connectivity index (χ1) is 19.9. The minimum atomic E-state index is -2.19. The fourth-order valence-corrected chi connectivity index (χ4v) is 4.14. The van der Waals surface area contributed by atoms with Crippen LogP contribution in [0, 0.1) is 0 Å². The summed E-state index contributed by atoms with van der Waals surface area (Å²) < 4.78 is 24.3. The van der Waals surface area contributed by atoms with Crippen LogP contribution < -0.4 is 4.74 Å². The van der Waals surface area contributed by atoms with Gasteiger partial charge in [-0.2, -0.15) is 0 Å². The van der Waals surface area contributed by atoms with Crippen molar-refractivity contribution in [2.75, 3.05) is 13.2 Å². The molecule has 6 heteroatoms. The molecule has 0 radical (unpaired) electrons. The number of ether oxygens (including phenoxy) is 1. The van der Waals surface area contributed by atoms with Gasteiger partial charge >= 0.3 is 5.97 Å². The molecule has 0 atom stereocenters. The number of hydrogen-bond acceptors (Lipinski definition) is 4. The molecular weight excluding hydrogens is 488 g/mol. The van der Waals surface area contributed by atoms with Gasteiger partial charge in [0.15, 0.2) is 0 Å². The number of benzene rings is 3. The number of aliphatic carboxylic acids is 1. The van der Waals surface area contributed by atoms with Gasteiger partial charge in [0.1, 0.15) is 5.75 Å². The third kappa shape index (κ3) is 8.54. The zero-order valence-electron chi connectivity index (χ0n) is 23.8. The molecule has 0 aliphatic heterocycles. The highest BCUT2D eigenvalue weighted by atomic mass is 16.5. The predicted molar refractivity (Wildman–Crippen MR) is 153 cm³/mol. The molecule has 0 fully saturated rings. The maximum atomic E-state index is 13.9. The quantitative estimate of drug-likeness (QED) is 0.187. The van der Waals surface area contributed by atoms with Crippen molar-refractivity contribution >= 4 is 11.9 Å². The molecule has 0 saturated heterocycles. The van der Waals surface area contributed by atoms with E-state index in [0.717, 1.165) is 16.8 Å². The van der Waals surface area contributed by atoms with Crippen LogP contribution in [0.3, 0.4) is 0 Å². The second-order valence-corrected chi connectivity index (χ2v) is 9.13. The molecule has 0 aliphatic rings. The van der Waals surface area contributed by atoms with E-state index in [1.54, 1.807) is 42.6 Å². The molecule has 0 saturated carbocycles. The summed E-state index contributed by atoms with van der Waals surface area (Å²) in [5.74, 6) is -0.908. The lowest BCUT2D eigenvalue weighted by atomic mass is 10.0. The van der Waals surface area contributed by atoms with E-state index in [9.17, 15) is 12.3 Å². The number of rotatable bonds is 14. The Morgan fingerprint density at radius 2 is 1.54 bits per heavy atom. The van der Waals surface area contributed by atoms with E-state index in [1.165, 1.54) is 4.90 Å². The Morgan fingerprint density at radius 1 is 0.821 bits per heavy atom. The molecular formula is C33H34N2O4. The third-order valence-electron chi connectivity index (χ3n) is 6.24.